The monoisotopic (exact) mass is 505 g/mol. The zero-order valence-corrected chi connectivity index (χ0v) is 20.7. The van der Waals surface area contributed by atoms with Crippen LogP contribution in [0.4, 0.5) is 4.79 Å². The third-order valence-electron chi connectivity index (χ3n) is 6.70. The molecule has 11 nitrogen and oxygen atoms in total. The lowest BCUT2D eigenvalue weighted by molar-refractivity contribution is -0.165. The Balaban J connectivity index is 0.000000308. The maximum atomic E-state index is 11.9. The number of piperidine rings is 1. The number of carbonyl (C=O) groups excluding carboxylic acids is 1. The van der Waals surface area contributed by atoms with Gasteiger partial charge in [-0.15, -0.1) is 0 Å². The molecule has 6 N–H and O–H groups in total. The van der Waals surface area contributed by atoms with E-state index in [1.807, 2.05) is 13.8 Å². The predicted molar refractivity (Wildman–Crippen MR) is 131 cm³/mol. The molecule has 11 heteroatoms. The van der Waals surface area contributed by atoms with E-state index < -0.39 is 24.1 Å². The summed E-state index contributed by atoms with van der Waals surface area (Å²) >= 11 is 0. The number of benzene rings is 1. The number of ether oxygens (including phenoxy) is 1. The molecule has 1 aromatic carbocycles. The number of hydrogen-bond donors (Lipinski definition) is 6. The van der Waals surface area contributed by atoms with E-state index in [-0.39, 0.29) is 6.09 Å². The molecule has 1 aliphatic carbocycles. The summed E-state index contributed by atoms with van der Waals surface area (Å²) < 4.78 is 5.24. The number of amides is 1. The minimum atomic E-state index is -2.27. The molecule has 4 rings (SSSR count). The van der Waals surface area contributed by atoms with Gasteiger partial charge in [0.1, 0.15) is 0 Å². The molecule has 198 valence electrons. The Labute approximate surface area is 209 Å². The lowest BCUT2D eigenvalue weighted by Crippen LogP contribution is -2.50. The fourth-order valence-electron chi connectivity index (χ4n) is 4.99. The second kappa shape index (κ2) is 11.7. The van der Waals surface area contributed by atoms with Crippen LogP contribution in [0, 0.1) is 11.8 Å². The lowest BCUT2D eigenvalue weighted by atomic mass is 9.72. The van der Waals surface area contributed by atoms with Gasteiger partial charge in [-0.05, 0) is 48.9 Å². The van der Waals surface area contributed by atoms with Gasteiger partial charge in [-0.25, -0.2) is 14.4 Å². The van der Waals surface area contributed by atoms with E-state index in [4.69, 9.17) is 25.2 Å². The van der Waals surface area contributed by atoms with E-state index >= 15 is 0 Å². The molecule has 0 bridgehead atoms. The van der Waals surface area contributed by atoms with Gasteiger partial charge in [0.15, 0.2) is 12.2 Å². The molecule has 1 saturated heterocycles. The van der Waals surface area contributed by atoms with Crippen LogP contribution in [0.15, 0.2) is 24.4 Å². The number of likely N-dealkylation sites (tertiary alicyclic amines) is 1. The quantitative estimate of drug-likeness (QED) is 0.325. The number of aliphatic carboxylic acids is 2. The van der Waals surface area contributed by atoms with E-state index in [0.717, 1.165) is 19.4 Å². The number of aromatic amines is 1. The number of fused-ring (bicyclic) bond motifs is 2. The van der Waals surface area contributed by atoms with Crippen molar-refractivity contribution in [1.29, 1.82) is 0 Å². The summed E-state index contributed by atoms with van der Waals surface area (Å²) in [5, 5.41) is 36.9. The van der Waals surface area contributed by atoms with Crippen molar-refractivity contribution in [3.63, 3.8) is 0 Å². The first kappa shape index (κ1) is 27.4. The number of carbonyl (C=O) groups is 3. The first-order valence-electron chi connectivity index (χ1n) is 12.0. The zero-order valence-electron chi connectivity index (χ0n) is 20.7. The Morgan fingerprint density at radius 1 is 1.17 bits per heavy atom. The number of nitrogens with one attached hydrogen (secondary N) is 2. The number of nitrogens with zero attached hydrogens (tertiary/aromatic N) is 1. The van der Waals surface area contributed by atoms with E-state index in [0.29, 0.717) is 36.9 Å². The van der Waals surface area contributed by atoms with Crippen LogP contribution in [-0.2, 0) is 20.7 Å². The number of carboxylic acid groups (broad SMARTS) is 2. The number of carboxylic acids is 2. The summed E-state index contributed by atoms with van der Waals surface area (Å²) in [6.45, 7) is 6.26. The Morgan fingerprint density at radius 2 is 1.83 bits per heavy atom. The van der Waals surface area contributed by atoms with Crippen molar-refractivity contribution < 1.29 is 39.5 Å². The largest absolute Gasteiger partial charge is 0.479 e. The molecule has 2 aliphatic rings. The maximum absolute atomic E-state index is 11.9. The third kappa shape index (κ3) is 6.34. The number of aliphatic hydroxyl groups is 2. The maximum Gasteiger partial charge on any atom is 0.407 e. The van der Waals surface area contributed by atoms with Crippen LogP contribution in [0.3, 0.4) is 0 Å². The Morgan fingerprint density at radius 3 is 2.44 bits per heavy atom. The Hall–Kier alpha value is -3.15. The highest BCUT2D eigenvalue weighted by Gasteiger charge is 2.39. The first-order valence-corrected chi connectivity index (χ1v) is 12.0. The van der Waals surface area contributed by atoms with E-state index in [2.05, 4.69) is 46.6 Å². The normalized spacial score (nSPS) is 22.7. The van der Waals surface area contributed by atoms with Crippen LogP contribution in [0.1, 0.15) is 37.3 Å². The van der Waals surface area contributed by atoms with E-state index in [9.17, 15) is 14.4 Å². The fraction of sp³-hybridized carbons (Fsp3) is 0.560. The van der Waals surface area contributed by atoms with Gasteiger partial charge in [0, 0.05) is 42.1 Å². The zero-order chi connectivity index (χ0) is 26.6. The second-order valence-corrected chi connectivity index (χ2v) is 9.94. The van der Waals surface area contributed by atoms with Gasteiger partial charge >= 0.3 is 18.0 Å². The van der Waals surface area contributed by atoms with Crippen molar-refractivity contribution in [3.8, 4) is 0 Å². The lowest BCUT2D eigenvalue weighted by Gasteiger charge is -2.45. The molecule has 0 spiro atoms. The Kier molecular flexibility index (Phi) is 8.93. The molecule has 36 heavy (non-hydrogen) atoms. The van der Waals surface area contributed by atoms with Crippen molar-refractivity contribution in [3.05, 3.63) is 35.5 Å². The number of H-pyrrole nitrogens is 1. The summed E-state index contributed by atoms with van der Waals surface area (Å²) in [6.07, 6.45) is -0.425. The summed E-state index contributed by atoms with van der Waals surface area (Å²) in [4.78, 5) is 37.3. The van der Waals surface area contributed by atoms with Crippen molar-refractivity contribution in [2.75, 3.05) is 26.7 Å². The summed E-state index contributed by atoms with van der Waals surface area (Å²) in [7, 11) is 2.22. The van der Waals surface area contributed by atoms with Crippen molar-refractivity contribution in [2.45, 2.75) is 50.9 Å². The number of aromatic nitrogens is 1. The molecule has 1 fully saturated rings. The molecule has 2 unspecified atom stereocenters. The molecule has 0 radical (unpaired) electrons. The number of aliphatic hydroxyl groups excluding tert-OH is 2. The molecular weight excluding hydrogens is 470 g/mol. The van der Waals surface area contributed by atoms with Crippen LogP contribution < -0.4 is 5.32 Å². The summed E-state index contributed by atoms with van der Waals surface area (Å²) in [5.74, 6) is -2.20. The minimum Gasteiger partial charge on any atom is -0.479 e. The van der Waals surface area contributed by atoms with Gasteiger partial charge in [-0.3, -0.25) is 0 Å². The highest BCUT2D eigenvalue weighted by Crippen LogP contribution is 2.44. The van der Waals surface area contributed by atoms with Gasteiger partial charge in [-0.1, -0.05) is 26.0 Å². The Bertz CT molecular complexity index is 1070. The number of likely N-dealkylation sites (N-methyl/N-ethyl adjacent to an activating group) is 1. The third-order valence-corrected chi connectivity index (χ3v) is 6.70. The molecule has 5 atom stereocenters. The topological polar surface area (TPSA) is 172 Å². The number of hydrogen-bond acceptors (Lipinski definition) is 7. The molecule has 1 aliphatic heterocycles. The molecule has 2 aromatic rings. The molecule has 1 amide bonds. The predicted octanol–water partition coefficient (Wildman–Crippen LogP) is 1.39. The van der Waals surface area contributed by atoms with Crippen LogP contribution >= 0.6 is 0 Å². The van der Waals surface area contributed by atoms with E-state index in [1.54, 1.807) is 0 Å². The summed E-state index contributed by atoms with van der Waals surface area (Å²) in [6, 6.07) is 7.16. The van der Waals surface area contributed by atoms with Crippen LogP contribution in [0.5, 0.6) is 0 Å². The number of alkyl carbamates (subject to hydrolysis) is 1. The fourth-order valence-corrected chi connectivity index (χ4v) is 4.99. The van der Waals surface area contributed by atoms with Gasteiger partial charge < -0.3 is 40.4 Å². The molecule has 1 aromatic heterocycles. The van der Waals surface area contributed by atoms with Gasteiger partial charge in [0.2, 0.25) is 0 Å². The molecule has 0 saturated carbocycles. The van der Waals surface area contributed by atoms with Crippen LogP contribution in [0.2, 0.25) is 0 Å². The average Bonchev–Trinajstić information content (AvgIpc) is 3.25. The average molecular weight is 506 g/mol. The van der Waals surface area contributed by atoms with Gasteiger partial charge in [0.05, 0.1) is 6.61 Å². The van der Waals surface area contributed by atoms with Crippen LogP contribution in [0.25, 0.3) is 10.9 Å². The summed E-state index contributed by atoms with van der Waals surface area (Å²) in [5.41, 5.74) is 4.16. The highest BCUT2D eigenvalue weighted by molar-refractivity contribution is 5.88. The smallest absolute Gasteiger partial charge is 0.407 e. The van der Waals surface area contributed by atoms with Crippen molar-refractivity contribution >= 4 is 28.9 Å². The van der Waals surface area contributed by atoms with Gasteiger partial charge in [0.25, 0.3) is 0 Å². The molecular formula is C25H35N3O8. The molecule has 2 heterocycles. The minimum absolute atomic E-state index is 0.290. The standard InChI is InChI=1S/C21H29N3O2.C4H6O6/c1-13(2)12-26-21(25)23-9-14-7-17-16-5-4-6-18-20(16)15(10-22-18)8-19(17)24(3)11-14;5-1(3(7)8)2(6)4(9)10/h4-6,10,13-14,17,19,22H,7-9,11-12H2,1-3H3,(H,23,25);1-2,5-6H,(H,7,8)(H,9,10)/t14-,17+,19+;/m0./s1. The van der Waals surface area contributed by atoms with Crippen molar-refractivity contribution in [1.82, 2.24) is 15.2 Å². The highest BCUT2D eigenvalue weighted by atomic mass is 16.5. The second-order valence-electron chi connectivity index (χ2n) is 9.94. The van der Waals surface area contributed by atoms with Crippen molar-refractivity contribution in [2.24, 2.45) is 11.8 Å². The SMILES string of the molecule is CC(C)COC(=O)NC[C@@H]1C[C@@H]2c3cccc4[nH]cc(c34)C[C@H]2N(C)C1.O=C(O)C(O)C(O)C(=O)O. The van der Waals surface area contributed by atoms with E-state index in [1.165, 1.54) is 22.0 Å². The number of rotatable bonds is 7. The first-order chi connectivity index (χ1) is 17.0. The van der Waals surface area contributed by atoms with Crippen LogP contribution in [-0.4, -0.2) is 93.3 Å². The van der Waals surface area contributed by atoms with Gasteiger partial charge in [-0.2, -0.15) is 0 Å².